The Kier molecular flexibility index (Phi) is 4.10. The Balaban J connectivity index is 2.60. The molecule has 1 aromatic carbocycles. The Bertz CT molecular complexity index is 328. The predicted molar refractivity (Wildman–Crippen MR) is 57.5 cm³/mol. The molecule has 0 saturated heterocycles. The molecule has 76 valence electrons. The summed E-state index contributed by atoms with van der Waals surface area (Å²) in [4.78, 5) is 10.5. The van der Waals surface area contributed by atoms with Crippen LogP contribution in [-0.2, 0) is 4.79 Å². The third-order valence-electron chi connectivity index (χ3n) is 1.90. The normalized spacial score (nSPS) is 12.4. The number of aliphatic hydroxyl groups is 1. The maximum atomic E-state index is 10.5. The summed E-state index contributed by atoms with van der Waals surface area (Å²) in [5.41, 5.74) is 5.78. The number of aliphatic hydroxyl groups excluding tert-OH is 1. The molecule has 3 N–H and O–H groups in total. The molecule has 14 heavy (non-hydrogen) atoms. The standard InChI is InChI=1S/C10H12BrNO2/c11-8-3-1-2-7(6-8)9(13)4-5-10(12)14/h1-3,6,9,13H,4-5H2,(H2,12,14). The second-order valence-corrected chi connectivity index (χ2v) is 3.99. The zero-order valence-corrected chi connectivity index (χ0v) is 9.20. The summed E-state index contributed by atoms with van der Waals surface area (Å²) in [5.74, 6) is -0.390. The van der Waals surface area contributed by atoms with Crippen molar-refractivity contribution < 1.29 is 9.90 Å². The van der Waals surface area contributed by atoms with Gasteiger partial charge in [-0.1, -0.05) is 28.1 Å². The summed E-state index contributed by atoms with van der Waals surface area (Å²) in [6.07, 6.45) is -0.0561. The van der Waals surface area contributed by atoms with Crippen molar-refractivity contribution in [3.8, 4) is 0 Å². The molecule has 0 aliphatic rings. The Labute approximate surface area is 91.1 Å². The molecule has 0 aliphatic carbocycles. The van der Waals surface area contributed by atoms with Crippen LogP contribution < -0.4 is 5.73 Å². The van der Waals surface area contributed by atoms with Gasteiger partial charge in [0.05, 0.1) is 6.10 Å². The van der Waals surface area contributed by atoms with Gasteiger partial charge in [0, 0.05) is 10.9 Å². The van der Waals surface area contributed by atoms with E-state index in [0.717, 1.165) is 10.0 Å². The lowest BCUT2D eigenvalue weighted by molar-refractivity contribution is -0.118. The number of benzene rings is 1. The van der Waals surface area contributed by atoms with Crippen molar-refractivity contribution in [1.82, 2.24) is 0 Å². The predicted octanol–water partition coefficient (Wildman–Crippen LogP) is 1.75. The van der Waals surface area contributed by atoms with Crippen LogP contribution in [0.4, 0.5) is 0 Å². The van der Waals surface area contributed by atoms with E-state index in [9.17, 15) is 9.90 Å². The lowest BCUT2D eigenvalue weighted by Crippen LogP contribution is -2.12. The first-order valence-corrected chi connectivity index (χ1v) is 5.10. The number of halogens is 1. The van der Waals surface area contributed by atoms with Gasteiger partial charge in [-0.25, -0.2) is 0 Å². The molecule has 1 rings (SSSR count). The molecule has 0 heterocycles. The Morgan fingerprint density at radius 3 is 2.86 bits per heavy atom. The summed E-state index contributed by atoms with van der Waals surface area (Å²) >= 11 is 3.31. The van der Waals surface area contributed by atoms with Crippen molar-refractivity contribution in [2.24, 2.45) is 5.73 Å². The average Bonchev–Trinajstić information content (AvgIpc) is 2.14. The van der Waals surface area contributed by atoms with Crippen LogP contribution in [0.3, 0.4) is 0 Å². The highest BCUT2D eigenvalue weighted by Crippen LogP contribution is 2.21. The number of amides is 1. The van der Waals surface area contributed by atoms with E-state index in [1.165, 1.54) is 0 Å². The molecule has 0 fully saturated rings. The lowest BCUT2D eigenvalue weighted by atomic mass is 10.1. The number of hydrogen-bond acceptors (Lipinski definition) is 2. The van der Waals surface area contributed by atoms with Gasteiger partial charge in [0.1, 0.15) is 0 Å². The number of primary amides is 1. The highest BCUT2D eigenvalue weighted by Gasteiger charge is 2.08. The van der Waals surface area contributed by atoms with Gasteiger partial charge in [-0.05, 0) is 24.1 Å². The molecule has 0 saturated carbocycles. The largest absolute Gasteiger partial charge is 0.388 e. The molecule has 3 nitrogen and oxygen atoms in total. The van der Waals surface area contributed by atoms with Gasteiger partial charge in [-0.3, -0.25) is 4.79 Å². The van der Waals surface area contributed by atoms with Gasteiger partial charge in [0.15, 0.2) is 0 Å². The Morgan fingerprint density at radius 1 is 1.57 bits per heavy atom. The molecular weight excluding hydrogens is 246 g/mol. The first kappa shape index (κ1) is 11.2. The fraction of sp³-hybridized carbons (Fsp3) is 0.300. The Morgan fingerprint density at radius 2 is 2.29 bits per heavy atom. The monoisotopic (exact) mass is 257 g/mol. The molecule has 0 bridgehead atoms. The fourth-order valence-corrected chi connectivity index (χ4v) is 1.58. The molecule has 0 radical (unpaired) electrons. The molecule has 4 heteroatoms. The first-order chi connectivity index (χ1) is 6.59. The molecule has 1 atom stereocenters. The number of rotatable bonds is 4. The minimum Gasteiger partial charge on any atom is -0.388 e. The van der Waals surface area contributed by atoms with E-state index in [1.54, 1.807) is 0 Å². The van der Waals surface area contributed by atoms with Crippen molar-refractivity contribution in [3.63, 3.8) is 0 Å². The second kappa shape index (κ2) is 5.12. The van der Waals surface area contributed by atoms with Crippen LogP contribution in [0.2, 0.25) is 0 Å². The summed E-state index contributed by atoms with van der Waals surface area (Å²) in [6, 6.07) is 7.36. The van der Waals surface area contributed by atoms with Crippen LogP contribution in [0.1, 0.15) is 24.5 Å². The van der Waals surface area contributed by atoms with Gasteiger partial charge >= 0.3 is 0 Å². The quantitative estimate of drug-likeness (QED) is 0.864. The highest BCUT2D eigenvalue weighted by atomic mass is 79.9. The third kappa shape index (κ3) is 3.47. The molecule has 0 aliphatic heterocycles. The van der Waals surface area contributed by atoms with Crippen LogP contribution in [0, 0.1) is 0 Å². The van der Waals surface area contributed by atoms with E-state index in [2.05, 4.69) is 15.9 Å². The topological polar surface area (TPSA) is 63.3 Å². The van der Waals surface area contributed by atoms with Gasteiger partial charge in [-0.15, -0.1) is 0 Å². The van der Waals surface area contributed by atoms with Crippen molar-refractivity contribution in [2.45, 2.75) is 18.9 Å². The van der Waals surface area contributed by atoms with Crippen LogP contribution in [0.5, 0.6) is 0 Å². The molecule has 0 spiro atoms. The van der Waals surface area contributed by atoms with E-state index in [1.807, 2.05) is 24.3 Å². The smallest absolute Gasteiger partial charge is 0.217 e. The maximum Gasteiger partial charge on any atom is 0.217 e. The van der Waals surface area contributed by atoms with Crippen LogP contribution >= 0.6 is 15.9 Å². The van der Waals surface area contributed by atoms with Crippen LogP contribution in [0.25, 0.3) is 0 Å². The zero-order valence-electron chi connectivity index (χ0n) is 7.61. The summed E-state index contributed by atoms with van der Waals surface area (Å²) in [6.45, 7) is 0. The van der Waals surface area contributed by atoms with Gasteiger partial charge in [0.2, 0.25) is 5.91 Å². The summed E-state index contributed by atoms with van der Waals surface area (Å²) in [5, 5.41) is 9.67. The number of hydrogen-bond donors (Lipinski definition) is 2. The van der Waals surface area contributed by atoms with E-state index in [0.29, 0.717) is 6.42 Å². The van der Waals surface area contributed by atoms with Crippen LogP contribution in [-0.4, -0.2) is 11.0 Å². The van der Waals surface area contributed by atoms with E-state index in [-0.39, 0.29) is 12.3 Å². The van der Waals surface area contributed by atoms with E-state index in [4.69, 9.17) is 5.73 Å². The van der Waals surface area contributed by atoms with Gasteiger partial charge < -0.3 is 10.8 Å². The van der Waals surface area contributed by atoms with Gasteiger partial charge in [-0.2, -0.15) is 0 Å². The third-order valence-corrected chi connectivity index (χ3v) is 2.39. The summed E-state index contributed by atoms with van der Waals surface area (Å²) in [7, 11) is 0. The molecule has 0 aromatic heterocycles. The maximum absolute atomic E-state index is 10.5. The fourth-order valence-electron chi connectivity index (χ4n) is 1.16. The number of nitrogens with two attached hydrogens (primary N) is 1. The lowest BCUT2D eigenvalue weighted by Gasteiger charge is -2.09. The summed E-state index contributed by atoms with van der Waals surface area (Å²) < 4.78 is 0.910. The molecule has 1 amide bonds. The van der Waals surface area contributed by atoms with Crippen molar-refractivity contribution >= 4 is 21.8 Å². The van der Waals surface area contributed by atoms with E-state index >= 15 is 0 Å². The number of carbonyl (C=O) groups excluding carboxylic acids is 1. The van der Waals surface area contributed by atoms with E-state index < -0.39 is 6.10 Å². The minimum atomic E-state index is -0.625. The van der Waals surface area contributed by atoms with Crippen LogP contribution in [0.15, 0.2) is 28.7 Å². The highest BCUT2D eigenvalue weighted by molar-refractivity contribution is 9.10. The SMILES string of the molecule is NC(=O)CCC(O)c1cccc(Br)c1. The number of carbonyl (C=O) groups is 1. The van der Waals surface area contributed by atoms with Crippen molar-refractivity contribution in [3.05, 3.63) is 34.3 Å². The zero-order chi connectivity index (χ0) is 10.6. The average molecular weight is 258 g/mol. The molecule has 1 unspecified atom stereocenters. The minimum absolute atomic E-state index is 0.202. The molecule has 1 aromatic rings. The second-order valence-electron chi connectivity index (χ2n) is 3.08. The van der Waals surface area contributed by atoms with Crippen molar-refractivity contribution in [2.75, 3.05) is 0 Å². The first-order valence-electron chi connectivity index (χ1n) is 4.31. The van der Waals surface area contributed by atoms with Gasteiger partial charge in [0.25, 0.3) is 0 Å². The van der Waals surface area contributed by atoms with Crippen molar-refractivity contribution in [1.29, 1.82) is 0 Å². The Hall–Kier alpha value is -0.870. The molecular formula is C10H12BrNO2.